The largest absolute Gasteiger partial charge is 0.325 e. The molecular formula is C20H14ClNO. The first kappa shape index (κ1) is 14.0. The minimum atomic E-state index is 0.0210. The van der Waals surface area contributed by atoms with Crippen LogP contribution in [-0.2, 0) is 11.2 Å². The molecule has 0 fully saturated rings. The number of nitrogens with one attached hydrogen (secondary N) is 1. The Kier molecular flexibility index (Phi) is 3.40. The van der Waals surface area contributed by atoms with E-state index in [1.807, 2.05) is 30.3 Å². The molecule has 112 valence electrons. The molecule has 1 heterocycles. The number of hydrogen-bond acceptors (Lipinski definition) is 1. The van der Waals surface area contributed by atoms with Crippen LogP contribution in [0.4, 0.5) is 5.69 Å². The summed E-state index contributed by atoms with van der Waals surface area (Å²) in [5.41, 5.74) is 6.20. The summed E-state index contributed by atoms with van der Waals surface area (Å²) in [4.78, 5) is 11.5. The monoisotopic (exact) mass is 319 g/mol. The van der Waals surface area contributed by atoms with E-state index in [9.17, 15) is 4.79 Å². The van der Waals surface area contributed by atoms with E-state index < -0.39 is 0 Å². The highest BCUT2D eigenvalue weighted by molar-refractivity contribution is 6.34. The van der Waals surface area contributed by atoms with Gasteiger partial charge in [-0.05, 0) is 34.4 Å². The van der Waals surface area contributed by atoms with Crippen LogP contribution in [0.25, 0.3) is 22.3 Å². The lowest BCUT2D eigenvalue weighted by atomic mass is 9.98. The molecule has 0 atom stereocenters. The Morgan fingerprint density at radius 3 is 2.22 bits per heavy atom. The number of anilines is 1. The number of carbonyl (C=O) groups is 1. The number of benzene rings is 3. The minimum Gasteiger partial charge on any atom is -0.325 e. The van der Waals surface area contributed by atoms with E-state index in [0.29, 0.717) is 11.4 Å². The van der Waals surface area contributed by atoms with Gasteiger partial charge in [-0.2, -0.15) is 0 Å². The summed E-state index contributed by atoms with van der Waals surface area (Å²) in [6.07, 6.45) is 0.418. The number of rotatable bonds is 2. The molecule has 3 aromatic rings. The molecule has 4 rings (SSSR count). The van der Waals surface area contributed by atoms with Crippen LogP contribution in [0, 0.1) is 0 Å². The van der Waals surface area contributed by atoms with Gasteiger partial charge in [0, 0.05) is 11.3 Å². The Labute approximate surface area is 139 Å². The predicted molar refractivity (Wildman–Crippen MR) is 94.7 cm³/mol. The number of amides is 1. The Bertz CT molecular complexity index is 886. The summed E-state index contributed by atoms with van der Waals surface area (Å²) in [6.45, 7) is 0. The van der Waals surface area contributed by atoms with Crippen LogP contribution >= 0.6 is 11.6 Å². The first-order chi connectivity index (χ1) is 11.2. The van der Waals surface area contributed by atoms with Crippen molar-refractivity contribution in [1.29, 1.82) is 0 Å². The maximum atomic E-state index is 11.5. The molecule has 3 aromatic carbocycles. The fraction of sp³-hybridized carbons (Fsp3) is 0.0500. The van der Waals surface area contributed by atoms with Crippen molar-refractivity contribution in [3.63, 3.8) is 0 Å². The van der Waals surface area contributed by atoms with Crippen LogP contribution in [0.2, 0.25) is 5.02 Å². The van der Waals surface area contributed by atoms with Crippen molar-refractivity contribution in [1.82, 2.24) is 0 Å². The molecule has 2 nitrogen and oxygen atoms in total. The lowest BCUT2D eigenvalue weighted by Crippen LogP contribution is -2.03. The van der Waals surface area contributed by atoms with Gasteiger partial charge in [0.25, 0.3) is 0 Å². The van der Waals surface area contributed by atoms with Crippen molar-refractivity contribution in [2.24, 2.45) is 0 Å². The third-order valence-electron chi connectivity index (χ3n) is 4.12. The lowest BCUT2D eigenvalue weighted by Gasteiger charge is -2.09. The first-order valence-electron chi connectivity index (χ1n) is 7.49. The molecule has 0 radical (unpaired) electrons. The highest BCUT2D eigenvalue weighted by Gasteiger charge is 2.20. The molecular weight excluding hydrogens is 306 g/mol. The van der Waals surface area contributed by atoms with Gasteiger partial charge in [0.1, 0.15) is 0 Å². The van der Waals surface area contributed by atoms with E-state index in [2.05, 4.69) is 41.7 Å². The van der Waals surface area contributed by atoms with Crippen molar-refractivity contribution in [3.05, 3.63) is 77.3 Å². The van der Waals surface area contributed by atoms with Crippen LogP contribution in [-0.4, -0.2) is 5.91 Å². The molecule has 0 bridgehead atoms. The number of halogens is 1. The predicted octanol–water partition coefficient (Wildman–Crippen LogP) is 5.17. The standard InChI is InChI=1S/C20H14ClNO/c21-18-12-19-16(11-20(23)22-19)10-17(18)15-8-6-14(7-9-15)13-4-2-1-3-5-13/h1-10,12H,11H2,(H,22,23). The normalized spacial score (nSPS) is 12.8. The van der Waals surface area contributed by atoms with Gasteiger partial charge in [0.2, 0.25) is 5.91 Å². The van der Waals surface area contributed by atoms with Crippen LogP contribution < -0.4 is 5.32 Å². The molecule has 23 heavy (non-hydrogen) atoms. The van der Waals surface area contributed by atoms with E-state index in [4.69, 9.17) is 11.6 Å². The van der Waals surface area contributed by atoms with Gasteiger partial charge in [0.05, 0.1) is 11.4 Å². The van der Waals surface area contributed by atoms with Crippen molar-refractivity contribution in [3.8, 4) is 22.3 Å². The average molecular weight is 320 g/mol. The SMILES string of the molecule is O=C1Cc2cc(-c3ccc(-c4ccccc4)cc3)c(Cl)cc2N1. The second-order valence-corrected chi connectivity index (χ2v) is 6.06. The Morgan fingerprint density at radius 2 is 1.48 bits per heavy atom. The quantitative estimate of drug-likeness (QED) is 0.693. The van der Waals surface area contributed by atoms with Gasteiger partial charge in [-0.1, -0.05) is 66.2 Å². The zero-order valence-corrected chi connectivity index (χ0v) is 13.1. The topological polar surface area (TPSA) is 29.1 Å². The zero-order chi connectivity index (χ0) is 15.8. The van der Waals surface area contributed by atoms with Crippen molar-refractivity contribution in [2.45, 2.75) is 6.42 Å². The molecule has 1 aliphatic heterocycles. The summed E-state index contributed by atoms with van der Waals surface area (Å²) in [7, 11) is 0. The van der Waals surface area contributed by atoms with Gasteiger partial charge in [-0.15, -0.1) is 0 Å². The summed E-state index contributed by atoms with van der Waals surface area (Å²) < 4.78 is 0. The summed E-state index contributed by atoms with van der Waals surface area (Å²) in [5, 5.41) is 3.48. The van der Waals surface area contributed by atoms with Gasteiger partial charge in [-0.3, -0.25) is 4.79 Å². The van der Waals surface area contributed by atoms with Crippen LogP contribution in [0.1, 0.15) is 5.56 Å². The van der Waals surface area contributed by atoms with E-state index >= 15 is 0 Å². The Morgan fingerprint density at radius 1 is 0.826 bits per heavy atom. The molecule has 0 aliphatic carbocycles. The van der Waals surface area contributed by atoms with E-state index in [-0.39, 0.29) is 5.91 Å². The minimum absolute atomic E-state index is 0.0210. The number of hydrogen-bond donors (Lipinski definition) is 1. The van der Waals surface area contributed by atoms with Crippen LogP contribution in [0.15, 0.2) is 66.7 Å². The number of fused-ring (bicyclic) bond motifs is 1. The Balaban J connectivity index is 1.72. The Hall–Kier alpha value is -2.58. The highest BCUT2D eigenvalue weighted by Crippen LogP contribution is 2.36. The second kappa shape index (κ2) is 5.56. The molecule has 0 aromatic heterocycles. The molecule has 1 N–H and O–H groups in total. The molecule has 1 aliphatic rings. The third kappa shape index (κ3) is 2.62. The van der Waals surface area contributed by atoms with Crippen molar-refractivity contribution < 1.29 is 4.79 Å². The van der Waals surface area contributed by atoms with Gasteiger partial charge in [-0.25, -0.2) is 0 Å². The molecule has 0 unspecified atom stereocenters. The van der Waals surface area contributed by atoms with Gasteiger partial charge in [0.15, 0.2) is 0 Å². The fourth-order valence-corrected chi connectivity index (χ4v) is 3.21. The maximum absolute atomic E-state index is 11.5. The molecule has 3 heteroatoms. The fourth-order valence-electron chi connectivity index (χ4n) is 2.94. The van der Waals surface area contributed by atoms with Crippen molar-refractivity contribution >= 4 is 23.2 Å². The lowest BCUT2D eigenvalue weighted by molar-refractivity contribution is -0.115. The molecule has 1 amide bonds. The summed E-state index contributed by atoms with van der Waals surface area (Å²) in [6, 6.07) is 22.4. The summed E-state index contributed by atoms with van der Waals surface area (Å²) >= 11 is 6.40. The highest BCUT2D eigenvalue weighted by atomic mass is 35.5. The zero-order valence-electron chi connectivity index (χ0n) is 12.3. The smallest absolute Gasteiger partial charge is 0.228 e. The molecule has 0 saturated heterocycles. The average Bonchev–Trinajstić information content (AvgIpc) is 2.94. The molecule has 0 saturated carbocycles. The number of carbonyl (C=O) groups excluding carboxylic acids is 1. The molecule has 0 spiro atoms. The first-order valence-corrected chi connectivity index (χ1v) is 7.86. The van der Waals surface area contributed by atoms with Gasteiger partial charge >= 0.3 is 0 Å². The van der Waals surface area contributed by atoms with E-state index in [1.165, 1.54) is 11.1 Å². The maximum Gasteiger partial charge on any atom is 0.228 e. The van der Waals surface area contributed by atoms with E-state index in [1.54, 1.807) is 0 Å². The third-order valence-corrected chi connectivity index (χ3v) is 4.43. The van der Waals surface area contributed by atoms with E-state index in [0.717, 1.165) is 22.4 Å². The van der Waals surface area contributed by atoms with Crippen molar-refractivity contribution in [2.75, 3.05) is 5.32 Å². The summed E-state index contributed by atoms with van der Waals surface area (Å²) in [5.74, 6) is 0.0210. The second-order valence-electron chi connectivity index (χ2n) is 5.66. The van der Waals surface area contributed by atoms with Crippen LogP contribution in [0.5, 0.6) is 0 Å². The van der Waals surface area contributed by atoms with Gasteiger partial charge < -0.3 is 5.32 Å². The van der Waals surface area contributed by atoms with Crippen LogP contribution in [0.3, 0.4) is 0 Å².